The van der Waals surface area contributed by atoms with E-state index >= 15 is 0 Å². The fraction of sp³-hybridized carbons (Fsp3) is 0.923. The first kappa shape index (κ1) is 15.8. The summed E-state index contributed by atoms with van der Waals surface area (Å²) in [4.78, 5) is 6.68. The maximum Gasteiger partial charge on any atom is 0.157 e. The molecule has 0 radical (unpaired) electrons. The monoisotopic (exact) mass is 273 g/mol. The Labute approximate surface area is 116 Å². The number of ether oxygens (including phenoxy) is 1. The minimum atomic E-state index is 0.273. The molecule has 1 rings (SSSR count). The highest BCUT2D eigenvalue weighted by Crippen LogP contribution is 2.28. The molecule has 0 aromatic carbocycles. The molecular weight excluding hydrogens is 246 g/mol. The minimum Gasteiger partial charge on any atom is -0.378 e. The highest BCUT2D eigenvalue weighted by molar-refractivity contribution is 8.14. The van der Waals surface area contributed by atoms with Gasteiger partial charge in [-0.25, -0.2) is 0 Å². The normalized spacial score (nSPS) is 20.6. The van der Waals surface area contributed by atoms with Crippen LogP contribution in [0, 0.1) is 0 Å². The van der Waals surface area contributed by atoms with E-state index in [1.54, 1.807) is 0 Å². The molecular formula is C13H27N3OS. The Morgan fingerprint density at radius 1 is 1.33 bits per heavy atom. The second-order valence-electron chi connectivity index (χ2n) is 5.00. The minimum absolute atomic E-state index is 0.273. The molecule has 0 atom stereocenters. The van der Waals surface area contributed by atoms with Gasteiger partial charge in [0.05, 0.1) is 19.8 Å². The van der Waals surface area contributed by atoms with Crippen LogP contribution in [0.2, 0.25) is 0 Å². The number of hydrogen-bond donors (Lipinski definition) is 1. The van der Waals surface area contributed by atoms with Crippen molar-refractivity contribution < 1.29 is 4.74 Å². The number of hydrogen-bond acceptors (Lipinski definition) is 4. The summed E-state index contributed by atoms with van der Waals surface area (Å²) in [5.74, 6) is 1.14. The van der Waals surface area contributed by atoms with Crippen LogP contribution in [0.25, 0.3) is 0 Å². The van der Waals surface area contributed by atoms with Gasteiger partial charge in [0, 0.05) is 17.8 Å². The molecule has 0 aromatic heterocycles. The molecule has 1 aliphatic heterocycles. The summed E-state index contributed by atoms with van der Waals surface area (Å²) in [5.41, 5.74) is 0.273. The maximum absolute atomic E-state index is 5.52. The van der Waals surface area contributed by atoms with Crippen LogP contribution in [-0.2, 0) is 4.74 Å². The van der Waals surface area contributed by atoms with E-state index in [9.17, 15) is 0 Å². The number of nitrogens with zero attached hydrogens (tertiary/aromatic N) is 2. The van der Waals surface area contributed by atoms with Crippen molar-refractivity contribution in [2.24, 2.45) is 4.99 Å². The van der Waals surface area contributed by atoms with Gasteiger partial charge in [-0.15, -0.1) is 0 Å². The van der Waals surface area contributed by atoms with Gasteiger partial charge in [-0.05, 0) is 26.9 Å². The van der Waals surface area contributed by atoms with E-state index in [0.29, 0.717) is 6.61 Å². The highest BCUT2D eigenvalue weighted by Gasteiger charge is 2.33. The number of nitrogens with one attached hydrogen (secondary N) is 1. The number of rotatable bonds is 8. The second kappa shape index (κ2) is 8.02. The van der Waals surface area contributed by atoms with Gasteiger partial charge in [0.1, 0.15) is 0 Å². The van der Waals surface area contributed by atoms with Crippen LogP contribution >= 0.6 is 11.8 Å². The summed E-state index contributed by atoms with van der Waals surface area (Å²) in [7, 11) is 4.11. The van der Waals surface area contributed by atoms with Gasteiger partial charge in [-0.3, -0.25) is 4.99 Å². The molecule has 1 heterocycles. The molecule has 1 saturated heterocycles. The SMILES string of the molecule is CCC1(CC)CSC(=NCCOCCN(C)C)N1. The Morgan fingerprint density at radius 3 is 2.61 bits per heavy atom. The van der Waals surface area contributed by atoms with Crippen molar-refractivity contribution >= 4 is 16.9 Å². The van der Waals surface area contributed by atoms with Gasteiger partial charge >= 0.3 is 0 Å². The van der Waals surface area contributed by atoms with E-state index in [1.165, 1.54) is 0 Å². The first-order valence-electron chi connectivity index (χ1n) is 6.80. The van der Waals surface area contributed by atoms with Crippen molar-refractivity contribution in [1.82, 2.24) is 10.2 Å². The van der Waals surface area contributed by atoms with Gasteiger partial charge < -0.3 is 15.0 Å². The Balaban J connectivity index is 2.17. The molecule has 0 amide bonds. The lowest BCUT2D eigenvalue weighted by Crippen LogP contribution is -2.42. The van der Waals surface area contributed by atoms with Crippen molar-refractivity contribution in [2.75, 3.05) is 46.2 Å². The molecule has 0 aliphatic carbocycles. The van der Waals surface area contributed by atoms with Crippen molar-refractivity contribution in [3.05, 3.63) is 0 Å². The van der Waals surface area contributed by atoms with E-state index < -0.39 is 0 Å². The van der Waals surface area contributed by atoms with Gasteiger partial charge in [0.25, 0.3) is 0 Å². The predicted molar refractivity (Wildman–Crippen MR) is 80.6 cm³/mol. The predicted octanol–water partition coefficient (Wildman–Crippen LogP) is 1.82. The molecule has 0 saturated carbocycles. The van der Waals surface area contributed by atoms with Crippen molar-refractivity contribution in [3.8, 4) is 0 Å². The summed E-state index contributed by atoms with van der Waals surface area (Å²) >= 11 is 1.84. The fourth-order valence-electron chi connectivity index (χ4n) is 1.78. The van der Waals surface area contributed by atoms with Crippen LogP contribution in [0.3, 0.4) is 0 Å². The molecule has 0 unspecified atom stereocenters. The van der Waals surface area contributed by atoms with Gasteiger partial charge in [-0.2, -0.15) is 0 Å². The summed E-state index contributed by atoms with van der Waals surface area (Å²) in [6.45, 7) is 7.70. The first-order valence-corrected chi connectivity index (χ1v) is 7.78. The molecule has 0 bridgehead atoms. The zero-order chi connectivity index (χ0) is 13.4. The third-order valence-electron chi connectivity index (χ3n) is 3.38. The van der Waals surface area contributed by atoms with E-state index in [1.807, 2.05) is 11.8 Å². The maximum atomic E-state index is 5.52. The Hall–Kier alpha value is -0.260. The number of aliphatic imine (C=N–C) groups is 1. The Bertz CT molecular complexity index is 265. The summed E-state index contributed by atoms with van der Waals surface area (Å²) in [5, 5.41) is 4.65. The standard InChI is InChI=1S/C13H27N3OS/c1-5-13(6-2)11-18-12(15-13)14-7-9-17-10-8-16(3)4/h5-11H2,1-4H3,(H,14,15). The summed E-state index contributed by atoms with van der Waals surface area (Å²) in [6.07, 6.45) is 2.32. The molecule has 1 N–H and O–H groups in total. The number of likely N-dealkylation sites (N-methyl/N-ethyl adjacent to an activating group) is 1. The molecule has 4 nitrogen and oxygen atoms in total. The lowest BCUT2D eigenvalue weighted by molar-refractivity contribution is 0.124. The smallest absolute Gasteiger partial charge is 0.157 e. The molecule has 1 aliphatic rings. The van der Waals surface area contributed by atoms with Gasteiger partial charge in [0.2, 0.25) is 0 Å². The zero-order valence-electron chi connectivity index (χ0n) is 12.2. The fourth-order valence-corrected chi connectivity index (χ4v) is 3.15. The zero-order valence-corrected chi connectivity index (χ0v) is 13.0. The molecule has 5 heteroatoms. The van der Waals surface area contributed by atoms with Crippen LogP contribution < -0.4 is 5.32 Å². The van der Waals surface area contributed by atoms with E-state index in [4.69, 9.17) is 4.74 Å². The van der Waals surface area contributed by atoms with Crippen molar-refractivity contribution in [3.63, 3.8) is 0 Å². The quantitative estimate of drug-likeness (QED) is 0.685. The van der Waals surface area contributed by atoms with E-state index in [2.05, 4.69) is 43.2 Å². The molecule has 1 fully saturated rings. The number of amidine groups is 1. The van der Waals surface area contributed by atoms with E-state index in [-0.39, 0.29) is 5.54 Å². The molecule has 106 valence electrons. The Kier molecular flexibility index (Phi) is 7.04. The lowest BCUT2D eigenvalue weighted by Gasteiger charge is -2.25. The lowest BCUT2D eigenvalue weighted by atomic mass is 9.96. The number of thioether (sulfide) groups is 1. The Morgan fingerprint density at radius 2 is 2.06 bits per heavy atom. The van der Waals surface area contributed by atoms with Crippen LogP contribution in [0.15, 0.2) is 4.99 Å². The average molecular weight is 273 g/mol. The van der Waals surface area contributed by atoms with Gasteiger partial charge in [-0.1, -0.05) is 25.6 Å². The van der Waals surface area contributed by atoms with Crippen molar-refractivity contribution in [2.45, 2.75) is 32.2 Å². The third kappa shape index (κ3) is 5.16. The van der Waals surface area contributed by atoms with Gasteiger partial charge in [0.15, 0.2) is 5.17 Å². The largest absolute Gasteiger partial charge is 0.378 e. The average Bonchev–Trinajstić information content (AvgIpc) is 2.77. The molecule has 0 aromatic rings. The second-order valence-corrected chi connectivity index (χ2v) is 5.97. The highest BCUT2D eigenvalue weighted by atomic mass is 32.2. The van der Waals surface area contributed by atoms with Crippen LogP contribution in [-0.4, -0.2) is 61.8 Å². The van der Waals surface area contributed by atoms with Crippen LogP contribution in [0.1, 0.15) is 26.7 Å². The van der Waals surface area contributed by atoms with Crippen LogP contribution in [0.4, 0.5) is 0 Å². The third-order valence-corrected chi connectivity index (χ3v) is 4.59. The molecule has 18 heavy (non-hydrogen) atoms. The van der Waals surface area contributed by atoms with Crippen LogP contribution in [0.5, 0.6) is 0 Å². The first-order chi connectivity index (χ1) is 8.62. The topological polar surface area (TPSA) is 36.9 Å². The molecule has 0 spiro atoms. The van der Waals surface area contributed by atoms with Crippen molar-refractivity contribution in [1.29, 1.82) is 0 Å². The van der Waals surface area contributed by atoms with E-state index in [0.717, 1.165) is 43.5 Å². The summed E-state index contributed by atoms with van der Waals surface area (Å²) < 4.78 is 5.52. The summed E-state index contributed by atoms with van der Waals surface area (Å²) in [6, 6.07) is 0.